The maximum atomic E-state index is 12.8. The molecule has 1 saturated heterocycles. The number of aromatic hydroxyl groups is 1. The molecule has 1 aliphatic heterocycles. The van der Waals surface area contributed by atoms with E-state index in [1.807, 2.05) is 43.3 Å². The summed E-state index contributed by atoms with van der Waals surface area (Å²) in [6.07, 6.45) is 2.91. The summed E-state index contributed by atoms with van der Waals surface area (Å²) < 4.78 is 2.35. The van der Waals surface area contributed by atoms with Crippen LogP contribution in [0.4, 0.5) is 5.69 Å². The van der Waals surface area contributed by atoms with Gasteiger partial charge in [0.05, 0.1) is 17.0 Å². The van der Waals surface area contributed by atoms with Crippen molar-refractivity contribution in [2.75, 3.05) is 45.5 Å². The van der Waals surface area contributed by atoms with Crippen molar-refractivity contribution < 1.29 is 14.7 Å². The van der Waals surface area contributed by atoms with Crippen molar-refractivity contribution in [2.45, 2.75) is 6.92 Å². The lowest BCUT2D eigenvalue weighted by molar-refractivity contribution is 0.0945. The molecule has 8 nitrogen and oxygen atoms in total. The summed E-state index contributed by atoms with van der Waals surface area (Å²) in [5.74, 6) is -0.136. The second-order valence-corrected chi connectivity index (χ2v) is 10.7. The lowest BCUT2D eigenvalue weighted by Gasteiger charge is -2.33. The molecule has 4 aromatic rings. The van der Waals surface area contributed by atoms with Crippen LogP contribution in [0.3, 0.4) is 0 Å². The first kappa shape index (κ1) is 27.6. The molecule has 206 valence electrons. The van der Waals surface area contributed by atoms with E-state index in [1.54, 1.807) is 42.3 Å². The van der Waals surface area contributed by atoms with Crippen LogP contribution in [-0.4, -0.2) is 82.7 Å². The number of hydrogen-bond donors (Lipinski definition) is 3. The van der Waals surface area contributed by atoms with Gasteiger partial charge < -0.3 is 15.4 Å². The van der Waals surface area contributed by atoms with E-state index >= 15 is 0 Å². The monoisotopic (exact) mass is 555 g/mol. The third-order valence-electron chi connectivity index (χ3n) is 7.25. The Balaban J connectivity index is 1.36. The van der Waals surface area contributed by atoms with Crippen molar-refractivity contribution >= 4 is 46.4 Å². The lowest BCUT2D eigenvalue weighted by Crippen LogP contribution is -2.46. The van der Waals surface area contributed by atoms with Gasteiger partial charge in [-0.2, -0.15) is 0 Å². The van der Waals surface area contributed by atoms with Crippen LogP contribution in [0.1, 0.15) is 37.4 Å². The molecule has 0 spiro atoms. The maximum absolute atomic E-state index is 12.8. The largest absolute Gasteiger partial charge is 0.494 e. The lowest BCUT2D eigenvalue weighted by atomic mass is 9.98. The maximum Gasteiger partial charge on any atom is 0.251 e. The van der Waals surface area contributed by atoms with E-state index in [1.165, 1.54) is 0 Å². The van der Waals surface area contributed by atoms with Crippen LogP contribution in [0.15, 0.2) is 71.7 Å². The van der Waals surface area contributed by atoms with Gasteiger partial charge in [-0.3, -0.25) is 14.5 Å². The number of aryl methyl sites for hydroxylation is 1. The Kier molecular flexibility index (Phi) is 8.64. The minimum Gasteiger partial charge on any atom is -0.494 e. The normalized spacial score (nSPS) is 14.9. The number of aromatic nitrogens is 1. The number of hydrogen-bond acceptors (Lipinski definition) is 7. The van der Waals surface area contributed by atoms with Gasteiger partial charge in [-0.25, -0.2) is 9.30 Å². The summed E-state index contributed by atoms with van der Waals surface area (Å²) >= 11 is 1.78. The van der Waals surface area contributed by atoms with Crippen molar-refractivity contribution in [2.24, 2.45) is 4.99 Å². The zero-order chi connectivity index (χ0) is 28.1. The van der Waals surface area contributed by atoms with Crippen molar-refractivity contribution in [3.63, 3.8) is 0 Å². The van der Waals surface area contributed by atoms with E-state index in [0.717, 1.165) is 55.5 Å². The smallest absolute Gasteiger partial charge is 0.251 e. The number of rotatable bonds is 9. The van der Waals surface area contributed by atoms with Crippen molar-refractivity contribution in [1.82, 2.24) is 19.5 Å². The number of H-pyrrole nitrogens is 1. The Morgan fingerprint density at radius 3 is 2.45 bits per heavy atom. The number of nitrogens with one attached hydrogen (secondary N) is 2. The molecular weight excluding hydrogens is 522 g/mol. The molecule has 3 aromatic carbocycles. The number of carbonyl (C=O) groups is 2. The van der Waals surface area contributed by atoms with Gasteiger partial charge in [-0.1, -0.05) is 42.3 Å². The molecule has 0 bridgehead atoms. The number of aromatic amines is 1. The fraction of sp³-hybridized carbons (Fsp3) is 0.258. The Bertz CT molecular complexity index is 1520. The molecule has 3 N–H and O–H groups in total. The average molecular weight is 556 g/mol. The van der Waals surface area contributed by atoms with Gasteiger partial charge in [-0.05, 0) is 55.1 Å². The predicted molar refractivity (Wildman–Crippen MR) is 162 cm³/mol. The SMILES string of the molecule is CSN1CCN(CCNC(=O)c2ccc(N=C(c3ccccc3)c3c(O)[nH]c4cc(C=O)c(C)cc34)cc2)CC1. The van der Waals surface area contributed by atoms with Crippen molar-refractivity contribution in [1.29, 1.82) is 0 Å². The van der Waals surface area contributed by atoms with Crippen LogP contribution in [0, 0.1) is 6.92 Å². The minimum absolute atomic E-state index is 0.0223. The van der Waals surface area contributed by atoms with Gasteiger partial charge in [0.1, 0.15) is 6.29 Å². The molecule has 1 amide bonds. The van der Waals surface area contributed by atoms with E-state index in [0.29, 0.717) is 40.2 Å². The molecule has 5 rings (SSSR count). The van der Waals surface area contributed by atoms with E-state index in [4.69, 9.17) is 4.99 Å². The van der Waals surface area contributed by atoms with Crippen LogP contribution >= 0.6 is 11.9 Å². The summed E-state index contributed by atoms with van der Waals surface area (Å²) in [6.45, 7) is 7.40. The van der Waals surface area contributed by atoms with E-state index in [2.05, 4.69) is 25.8 Å². The molecule has 0 aliphatic carbocycles. The Hall–Kier alpha value is -3.92. The second kappa shape index (κ2) is 12.5. The van der Waals surface area contributed by atoms with E-state index in [-0.39, 0.29) is 11.8 Å². The quantitative estimate of drug-likeness (QED) is 0.156. The average Bonchev–Trinajstić information content (AvgIpc) is 3.30. The molecular formula is C31H33N5O3S. The van der Waals surface area contributed by atoms with E-state index in [9.17, 15) is 14.7 Å². The molecule has 0 saturated carbocycles. The van der Waals surface area contributed by atoms with E-state index < -0.39 is 0 Å². The highest BCUT2D eigenvalue weighted by Gasteiger charge is 2.20. The molecule has 1 aromatic heterocycles. The van der Waals surface area contributed by atoms with Gasteiger partial charge in [0.25, 0.3) is 5.91 Å². The summed E-state index contributed by atoms with van der Waals surface area (Å²) in [7, 11) is 0. The molecule has 40 heavy (non-hydrogen) atoms. The van der Waals surface area contributed by atoms with Crippen LogP contribution in [0.25, 0.3) is 10.9 Å². The first-order valence-electron chi connectivity index (χ1n) is 13.3. The van der Waals surface area contributed by atoms with Gasteiger partial charge in [0.15, 0.2) is 5.88 Å². The Morgan fingerprint density at radius 1 is 1.05 bits per heavy atom. The number of aliphatic imine (C=N–C) groups is 1. The highest BCUT2D eigenvalue weighted by Crippen LogP contribution is 2.33. The number of aldehydes is 1. The first-order valence-corrected chi connectivity index (χ1v) is 14.5. The number of piperazine rings is 1. The summed E-state index contributed by atoms with van der Waals surface area (Å²) in [5, 5.41) is 14.7. The van der Waals surface area contributed by atoms with Crippen LogP contribution < -0.4 is 5.32 Å². The topological polar surface area (TPSA) is 101 Å². The van der Waals surface area contributed by atoms with Gasteiger partial charge in [0, 0.05) is 66.9 Å². The predicted octanol–water partition coefficient (Wildman–Crippen LogP) is 4.79. The summed E-state index contributed by atoms with van der Waals surface area (Å²) in [4.78, 5) is 34.5. The zero-order valence-electron chi connectivity index (χ0n) is 22.7. The summed E-state index contributed by atoms with van der Waals surface area (Å²) in [5.41, 5.74) is 5.22. The molecule has 0 unspecified atom stereocenters. The first-order chi connectivity index (χ1) is 19.5. The van der Waals surface area contributed by atoms with Gasteiger partial charge >= 0.3 is 0 Å². The number of benzene rings is 3. The van der Waals surface area contributed by atoms with Gasteiger partial charge in [-0.15, -0.1) is 0 Å². The molecule has 1 aliphatic rings. The Labute approximate surface area is 238 Å². The fourth-order valence-electron chi connectivity index (χ4n) is 4.96. The number of nitrogens with zero attached hydrogens (tertiary/aromatic N) is 3. The van der Waals surface area contributed by atoms with Gasteiger partial charge in [0.2, 0.25) is 0 Å². The minimum atomic E-state index is -0.114. The molecule has 0 radical (unpaired) electrons. The van der Waals surface area contributed by atoms with Crippen LogP contribution in [0.5, 0.6) is 5.88 Å². The number of amides is 1. The summed E-state index contributed by atoms with van der Waals surface area (Å²) in [6, 6.07) is 20.4. The van der Waals surface area contributed by atoms with Crippen molar-refractivity contribution in [3.05, 3.63) is 94.5 Å². The van der Waals surface area contributed by atoms with Crippen LogP contribution in [0.2, 0.25) is 0 Å². The highest BCUT2D eigenvalue weighted by atomic mass is 32.2. The third-order valence-corrected chi connectivity index (χ3v) is 8.13. The molecule has 0 atom stereocenters. The molecule has 2 heterocycles. The molecule has 1 fully saturated rings. The third kappa shape index (κ3) is 6.12. The number of carbonyl (C=O) groups excluding carboxylic acids is 2. The zero-order valence-corrected chi connectivity index (χ0v) is 23.5. The second-order valence-electron chi connectivity index (χ2n) is 9.80. The van der Waals surface area contributed by atoms with Crippen molar-refractivity contribution in [3.8, 4) is 5.88 Å². The Morgan fingerprint density at radius 2 is 1.77 bits per heavy atom. The highest BCUT2D eigenvalue weighted by molar-refractivity contribution is 7.96. The number of fused-ring (bicyclic) bond motifs is 1. The fourth-order valence-corrected chi connectivity index (χ4v) is 5.49. The standard InChI is InChI=1S/C31H33N5O3S/c1-21-18-26-27(19-24(21)20-37)34-31(39)28(26)29(22-6-4-3-5-7-22)33-25-10-8-23(9-11-25)30(38)32-12-13-35-14-16-36(40-2)17-15-35/h3-11,18-20,34,39H,12-17H2,1-2H3,(H,32,38). The molecule has 9 heteroatoms. The van der Waals surface area contributed by atoms with Crippen LogP contribution in [-0.2, 0) is 0 Å².